The van der Waals surface area contributed by atoms with Gasteiger partial charge in [0.05, 0.1) is 32.1 Å². The van der Waals surface area contributed by atoms with E-state index in [0.717, 1.165) is 13.1 Å². The quantitative estimate of drug-likeness (QED) is 0.392. The van der Waals surface area contributed by atoms with Crippen molar-refractivity contribution in [2.75, 3.05) is 53.0 Å². The molecule has 214 valence electrons. The Morgan fingerprint density at radius 2 is 1.71 bits per heavy atom. The minimum absolute atomic E-state index is 0.249. The lowest BCUT2D eigenvalue weighted by molar-refractivity contribution is -0.133. The zero-order chi connectivity index (χ0) is 28.8. The lowest BCUT2D eigenvalue weighted by Crippen LogP contribution is -2.46. The summed E-state index contributed by atoms with van der Waals surface area (Å²) in [6, 6.07) is 18.1. The van der Waals surface area contributed by atoms with Gasteiger partial charge in [-0.3, -0.25) is 14.5 Å². The molecule has 3 aromatic carbocycles. The molecule has 2 heterocycles. The molecule has 0 unspecified atom stereocenters. The second-order valence-electron chi connectivity index (χ2n) is 9.94. The third-order valence-electron chi connectivity index (χ3n) is 7.35. The number of hydrazone groups is 1. The number of carbonyl (C=O) groups excluding carboxylic acids is 2. The summed E-state index contributed by atoms with van der Waals surface area (Å²) in [5, 5.41) is 5.84. The predicted octanol–water partition coefficient (Wildman–Crippen LogP) is 4.13. The molecule has 1 atom stereocenters. The molecule has 0 bridgehead atoms. The molecule has 2 aliphatic rings. The predicted molar refractivity (Wildman–Crippen MR) is 150 cm³/mol. The van der Waals surface area contributed by atoms with Crippen molar-refractivity contribution in [3.63, 3.8) is 0 Å². The van der Waals surface area contributed by atoms with Crippen LogP contribution in [0.4, 0.5) is 8.78 Å². The summed E-state index contributed by atoms with van der Waals surface area (Å²) in [6.45, 7) is 3.34. The molecule has 0 spiro atoms. The molecule has 0 radical (unpaired) electrons. The summed E-state index contributed by atoms with van der Waals surface area (Å²) in [5.74, 6) is -0.981. The Balaban J connectivity index is 1.41. The summed E-state index contributed by atoms with van der Waals surface area (Å²) < 4.78 is 39.2. The van der Waals surface area contributed by atoms with Crippen molar-refractivity contribution in [3.05, 3.63) is 101 Å². The minimum Gasteiger partial charge on any atom is -0.497 e. The average Bonchev–Trinajstić information content (AvgIpc) is 3.45. The van der Waals surface area contributed by atoms with E-state index in [0.29, 0.717) is 54.5 Å². The van der Waals surface area contributed by atoms with Gasteiger partial charge in [0.15, 0.2) is 0 Å². The van der Waals surface area contributed by atoms with Crippen LogP contribution < -0.4 is 4.74 Å². The van der Waals surface area contributed by atoms with Crippen LogP contribution in [0.25, 0.3) is 0 Å². The molecule has 5 rings (SSSR count). The highest BCUT2D eigenvalue weighted by Gasteiger charge is 2.36. The van der Waals surface area contributed by atoms with Gasteiger partial charge in [-0.05, 0) is 48.0 Å². The van der Waals surface area contributed by atoms with Gasteiger partial charge in [-0.1, -0.05) is 30.3 Å². The minimum atomic E-state index is -0.707. The van der Waals surface area contributed by atoms with Crippen molar-refractivity contribution in [1.29, 1.82) is 0 Å². The maximum absolute atomic E-state index is 14.9. The Morgan fingerprint density at radius 3 is 2.39 bits per heavy atom. The Labute approximate surface area is 237 Å². The first-order chi connectivity index (χ1) is 19.9. The molecule has 0 aliphatic carbocycles. The highest BCUT2D eigenvalue weighted by atomic mass is 19.1. The fourth-order valence-corrected chi connectivity index (χ4v) is 5.04. The first kappa shape index (κ1) is 28.4. The van der Waals surface area contributed by atoms with Crippen LogP contribution in [0.3, 0.4) is 0 Å². The number of methoxy groups -OCH3 is 1. The van der Waals surface area contributed by atoms with E-state index in [2.05, 4.69) is 10.0 Å². The Kier molecular flexibility index (Phi) is 9.01. The Morgan fingerprint density at radius 1 is 1.00 bits per heavy atom. The average molecular weight is 563 g/mol. The summed E-state index contributed by atoms with van der Waals surface area (Å²) in [6.07, 6.45) is 0.249. The number of nitrogens with zero attached hydrogens (tertiary/aromatic N) is 4. The van der Waals surface area contributed by atoms with Gasteiger partial charge in [-0.2, -0.15) is 5.10 Å². The molecule has 0 saturated carbocycles. The first-order valence-corrected chi connectivity index (χ1v) is 13.6. The number of amides is 2. The molecule has 10 heteroatoms. The maximum atomic E-state index is 14.9. The van der Waals surface area contributed by atoms with E-state index in [1.54, 1.807) is 61.7 Å². The summed E-state index contributed by atoms with van der Waals surface area (Å²) >= 11 is 0. The summed E-state index contributed by atoms with van der Waals surface area (Å²) in [5.41, 5.74) is 1.92. The van der Waals surface area contributed by atoms with Crippen molar-refractivity contribution < 1.29 is 27.8 Å². The number of rotatable bonds is 9. The highest BCUT2D eigenvalue weighted by Crippen LogP contribution is 2.34. The van der Waals surface area contributed by atoms with Crippen LogP contribution in [0, 0.1) is 11.6 Å². The largest absolute Gasteiger partial charge is 0.497 e. The number of hydrogen-bond donors (Lipinski definition) is 0. The summed E-state index contributed by atoms with van der Waals surface area (Å²) in [4.78, 5) is 31.2. The van der Waals surface area contributed by atoms with Crippen LogP contribution in [0.15, 0.2) is 77.9 Å². The topological polar surface area (TPSA) is 74.7 Å². The molecule has 0 N–H and O–H groups in total. The van der Waals surface area contributed by atoms with Gasteiger partial charge in [0.2, 0.25) is 0 Å². The number of benzene rings is 3. The van der Waals surface area contributed by atoms with E-state index in [1.165, 1.54) is 28.1 Å². The number of halogens is 2. The van der Waals surface area contributed by atoms with Gasteiger partial charge in [0, 0.05) is 43.7 Å². The van der Waals surface area contributed by atoms with Crippen LogP contribution >= 0.6 is 0 Å². The van der Waals surface area contributed by atoms with Crippen molar-refractivity contribution in [2.24, 2.45) is 5.10 Å². The summed E-state index contributed by atoms with van der Waals surface area (Å²) in [7, 11) is 1.55. The second kappa shape index (κ2) is 13.0. The second-order valence-corrected chi connectivity index (χ2v) is 9.94. The number of ether oxygens (including phenoxy) is 2. The molecule has 41 heavy (non-hydrogen) atoms. The van der Waals surface area contributed by atoms with Gasteiger partial charge >= 0.3 is 0 Å². The van der Waals surface area contributed by atoms with E-state index in [4.69, 9.17) is 9.47 Å². The highest BCUT2D eigenvalue weighted by molar-refractivity contribution is 6.03. The number of carbonyl (C=O) groups is 2. The fraction of sp³-hybridized carbons (Fsp3) is 0.323. The lowest BCUT2D eigenvalue weighted by Gasteiger charge is -2.31. The van der Waals surface area contributed by atoms with Gasteiger partial charge < -0.3 is 14.4 Å². The molecule has 1 fully saturated rings. The molecular weight excluding hydrogens is 530 g/mol. The first-order valence-electron chi connectivity index (χ1n) is 13.6. The van der Waals surface area contributed by atoms with Crippen LogP contribution in [0.5, 0.6) is 5.75 Å². The lowest BCUT2D eigenvalue weighted by atomic mass is 9.98. The monoisotopic (exact) mass is 562 g/mol. The van der Waals surface area contributed by atoms with E-state index >= 15 is 0 Å². The molecule has 2 amide bonds. The molecular formula is C31H32F2N4O4. The van der Waals surface area contributed by atoms with Gasteiger partial charge in [0.1, 0.15) is 23.9 Å². The van der Waals surface area contributed by atoms with Crippen LogP contribution in [0.1, 0.15) is 33.9 Å². The SMILES string of the molecule is COc1ccc(C(=O)N(CCN2CCOCC2)CC(=O)N2N=C(c3ccc(F)cc3)C[C@H]2c2ccccc2F)cc1. The van der Waals surface area contributed by atoms with Crippen molar-refractivity contribution in [1.82, 2.24) is 14.8 Å². The maximum Gasteiger partial charge on any atom is 0.262 e. The van der Waals surface area contributed by atoms with Crippen molar-refractivity contribution in [2.45, 2.75) is 12.5 Å². The van der Waals surface area contributed by atoms with E-state index < -0.39 is 17.8 Å². The normalized spacial score (nSPS) is 17.3. The zero-order valence-corrected chi connectivity index (χ0v) is 22.8. The van der Waals surface area contributed by atoms with E-state index in [1.807, 2.05) is 0 Å². The van der Waals surface area contributed by atoms with Crippen LogP contribution in [0.2, 0.25) is 0 Å². The molecule has 8 nitrogen and oxygen atoms in total. The van der Waals surface area contributed by atoms with Crippen molar-refractivity contribution >= 4 is 17.5 Å². The van der Waals surface area contributed by atoms with E-state index in [-0.39, 0.29) is 24.7 Å². The molecule has 0 aromatic heterocycles. The van der Waals surface area contributed by atoms with E-state index in [9.17, 15) is 18.4 Å². The zero-order valence-electron chi connectivity index (χ0n) is 22.8. The standard InChI is InChI=1S/C31H32F2N4O4/c1-40-25-12-8-23(9-13-25)31(39)36(15-14-35-16-18-41-19-17-35)21-30(38)37-29(26-4-2-3-5-27(26)33)20-28(34-37)22-6-10-24(32)11-7-22/h2-13,29H,14-21H2,1H3/t29-/m0/s1. The van der Waals surface area contributed by atoms with Crippen LogP contribution in [-0.4, -0.2) is 85.4 Å². The van der Waals surface area contributed by atoms with Crippen LogP contribution in [-0.2, 0) is 9.53 Å². The molecule has 1 saturated heterocycles. The van der Waals surface area contributed by atoms with Gasteiger partial charge in [-0.25, -0.2) is 13.8 Å². The third kappa shape index (κ3) is 6.78. The Bertz CT molecular complexity index is 1390. The smallest absolute Gasteiger partial charge is 0.262 e. The molecule has 2 aliphatic heterocycles. The Hall–Kier alpha value is -4.15. The third-order valence-corrected chi connectivity index (χ3v) is 7.35. The van der Waals surface area contributed by atoms with Gasteiger partial charge in [0.25, 0.3) is 11.8 Å². The number of hydrogen-bond acceptors (Lipinski definition) is 6. The van der Waals surface area contributed by atoms with Crippen molar-refractivity contribution in [3.8, 4) is 5.75 Å². The number of morpholine rings is 1. The molecule has 3 aromatic rings. The fourth-order valence-electron chi connectivity index (χ4n) is 5.04. The van der Waals surface area contributed by atoms with Gasteiger partial charge in [-0.15, -0.1) is 0 Å².